The minimum atomic E-state index is 0.589. The van der Waals surface area contributed by atoms with Crippen LogP contribution in [0.2, 0.25) is 0 Å². The molecule has 1 aliphatic rings. The first-order chi connectivity index (χ1) is 7.58. The van der Waals surface area contributed by atoms with Crippen LogP contribution in [0.1, 0.15) is 19.4 Å². The number of likely N-dealkylation sites (N-methyl/N-ethyl adjacent to an activating group) is 1. The molecule has 1 fully saturated rings. The van der Waals surface area contributed by atoms with E-state index in [1.54, 1.807) is 0 Å². The van der Waals surface area contributed by atoms with Crippen LogP contribution in [0.25, 0.3) is 0 Å². The molecular weight excluding hydrogens is 198 g/mol. The molecule has 0 radical (unpaired) electrons. The zero-order valence-electron chi connectivity index (χ0n) is 10.6. The molecule has 0 bridgehead atoms. The van der Waals surface area contributed by atoms with E-state index in [-0.39, 0.29) is 0 Å². The second kappa shape index (κ2) is 4.42. The molecular formula is C13H21N3. The molecule has 0 amide bonds. The maximum atomic E-state index is 4.46. The summed E-state index contributed by atoms with van der Waals surface area (Å²) >= 11 is 0. The second-order valence-electron chi connectivity index (χ2n) is 4.96. The first-order valence-corrected chi connectivity index (χ1v) is 5.97. The van der Waals surface area contributed by atoms with E-state index in [1.165, 1.54) is 5.56 Å². The van der Waals surface area contributed by atoms with Gasteiger partial charge in [0.1, 0.15) is 5.82 Å². The van der Waals surface area contributed by atoms with Crippen LogP contribution in [0.3, 0.4) is 0 Å². The van der Waals surface area contributed by atoms with E-state index in [0.717, 1.165) is 18.9 Å². The predicted molar refractivity (Wildman–Crippen MR) is 67.9 cm³/mol. The summed E-state index contributed by atoms with van der Waals surface area (Å²) in [6.45, 7) is 8.81. The van der Waals surface area contributed by atoms with Gasteiger partial charge in [0.15, 0.2) is 0 Å². The number of hydrogen-bond donors (Lipinski definition) is 0. The Balaban J connectivity index is 2.17. The molecule has 2 unspecified atom stereocenters. The summed E-state index contributed by atoms with van der Waals surface area (Å²) in [5.74, 6) is 1.12. The number of pyridine rings is 1. The summed E-state index contributed by atoms with van der Waals surface area (Å²) in [6, 6.07) is 5.40. The Morgan fingerprint density at radius 3 is 2.44 bits per heavy atom. The molecule has 2 atom stereocenters. The number of anilines is 1. The van der Waals surface area contributed by atoms with Crippen molar-refractivity contribution in [3.63, 3.8) is 0 Å². The first kappa shape index (κ1) is 11.4. The standard InChI is InChI=1S/C13H21N3/c1-10-5-6-14-13(7-10)16-8-11(2)15(4)12(3)9-16/h5-7,11-12H,8-9H2,1-4H3. The highest BCUT2D eigenvalue weighted by atomic mass is 15.3. The van der Waals surface area contributed by atoms with Crippen LogP contribution < -0.4 is 4.90 Å². The Morgan fingerprint density at radius 2 is 1.88 bits per heavy atom. The fraction of sp³-hybridized carbons (Fsp3) is 0.615. The highest BCUT2D eigenvalue weighted by molar-refractivity contribution is 5.41. The lowest BCUT2D eigenvalue weighted by atomic mass is 10.1. The van der Waals surface area contributed by atoms with E-state index in [1.807, 2.05) is 12.3 Å². The van der Waals surface area contributed by atoms with Crippen molar-refractivity contribution >= 4 is 5.82 Å². The highest BCUT2D eigenvalue weighted by Gasteiger charge is 2.26. The van der Waals surface area contributed by atoms with Crippen molar-refractivity contribution in [3.05, 3.63) is 23.9 Å². The maximum absolute atomic E-state index is 4.46. The van der Waals surface area contributed by atoms with Gasteiger partial charge >= 0.3 is 0 Å². The molecule has 2 heterocycles. The van der Waals surface area contributed by atoms with Crippen molar-refractivity contribution in [2.45, 2.75) is 32.9 Å². The Kier molecular flexibility index (Phi) is 3.15. The zero-order chi connectivity index (χ0) is 11.7. The van der Waals surface area contributed by atoms with E-state index >= 15 is 0 Å². The third kappa shape index (κ3) is 2.19. The number of nitrogens with zero attached hydrogens (tertiary/aromatic N) is 3. The molecule has 1 aromatic rings. The maximum Gasteiger partial charge on any atom is 0.128 e. The van der Waals surface area contributed by atoms with Crippen molar-refractivity contribution in [1.29, 1.82) is 0 Å². The van der Waals surface area contributed by atoms with Gasteiger partial charge in [0.2, 0.25) is 0 Å². The van der Waals surface area contributed by atoms with Gasteiger partial charge < -0.3 is 4.90 Å². The van der Waals surface area contributed by atoms with Gasteiger partial charge in [0.05, 0.1) is 0 Å². The average Bonchev–Trinajstić information content (AvgIpc) is 2.25. The minimum absolute atomic E-state index is 0.589. The fourth-order valence-corrected chi connectivity index (χ4v) is 2.28. The molecule has 0 aromatic carbocycles. The van der Waals surface area contributed by atoms with Crippen molar-refractivity contribution in [2.24, 2.45) is 0 Å². The summed E-state index contributed by atoms with van der Waals surface area (Å²) in [5, 5.41) is 0. The Bertz CT molecular complexity index is 352. The summed E-state index contributed by atoms with van der Waals surface area (Å²) < 4.78 is 0. The van der Waals surface area contributed by atoms with Crippen molar-refractivity contribution in [3.8, 4) is 0 Å². The van der Waals surface area contributed by atoms with E-state index in [0.29, 0.717) is 12.1 Å². The summed E-state index contributed by atoms with van der Waals surface area (Å²) in [5.41, 5.74) is 1.28. The molecule has 0 saturated carbocycles. The minimum Gasteiger partial charge on any atom is -0.353 e. The van der Waals surface area contributed by atoms with Crippen LogP contribution in [0, 0.1) is 6.92 Å². The Hall–Kier alpha value is -1.09. The van der Waals surface area contributed by atoms with Crippen molar-refractivity contribution in [1.82, 2.24) is 9.88 Å². The lowest BCUT2D eigenvalue weighted by Gasteiger charge is -2.43. The van der Waals surface area contributed by atoms with Gasteiger partial charge in [0.25, 0.3) is 0 Å². The third-order valence-electron chi connectivity index (χ3n) is 3.58. The van der Waals surface area contributed by atoms with E-state index in [2.05, 4.69) is 48.7 Å². The van der Waals surface area contributed by atoms with Crippen LogP contribution >= 0.6 is 0 Å². The van der Waals surface area contributed by atoms with Gasteiger partial charge in [0, 0.05) is 31.4 Å². The molecule has 0 N–H and O–H groups in total. The number of aromatic nitrogens is 1. The van der Waals surface area contributed by atoms with E-state index in [4.69, 9.17) is 0 Å². The van der Waals surface area contributed by atoms with Crippen LogP contribution in [0.4, 0.5) is 5.82 Å². The van der Waals surface area contributed by atoms with Crippen LogP contribution in [0.5, 0.6) is 0 Å². The summed E-state index contributed by atoms with van der Waals surface area (Å²) in [6.07, 6.45) is 1.90. The number of piperazine rings is 1. The molecule has 88 valence electrons. The number of rotatable bonds is 1. The van der Waals surface area contributed by atoms with Gasteiger partial charge in [-0.3, -0.25) is 4.90 Å². The molecule has 1 aliphatic heterocycles. The number of hydrogen-bond acceptors (Lipinski definition) is 3. The molecule has 2 rings (SSSR count). The number of aryl methyl sites for hydroxylation is 1. The quantitative estimate of drug-likeness (QED) is 0.719. The fourth-order valence-electron chi connectivity index (χ4n) is 2.28. The normalized spacial score (nSPS) is 27.1. The predicted octanol–water partition coefficient (Wildman–Crippen LogP) is 1.92. The lowest BCUT2D eigenvalue weighted by Crippen LogP contribution is -2.55. The third-order valence-corrected chi connectivity index (χ3v) is 3.58. The van der Waals surface area contributed by atoms with Crippen molar-refractivity contribution in [2.75, 3.05) is 25.0 Å². The molecule has 0 spiro atoms. The SMILES string of the molecule is Cc1ccnc(N2CC(C)N(C)C(C)C2)c1. The van der Waals surface area contributed by atoms with Gasteiger partial charge in [-0.1, -0.05) is 0 Å². The summed E-state index contributed by atoms with van der Waals surface area (Å²) in [7, 11) is 2.20. The summed E-state index contributed by atoms with van der Waals surface area (Å²) in [4.78, 5) is 9.29. The zero-order valence-corrected chi connectivity index (χ0v) is 10.6. The smallest absolute Gasteiger partial charge is 0.128 e. The van der Waals surface area contributed by atoms with Gasteiger partial charge in [-0.25, -0.2) is 4.98 Å². The Labute approximate surface area is 98.1 Å². The van der Waals surface area contributed by atoms with Crippen LogP contribution in [0.15, 0.2) is 18.3 Å². The first-order valence-electron chi connectivity index (χ1n) is 5.97. The topological polar surface area (TPSA) is 19.4 Å². The molecule has 1 aromatic heterocycles. The van der Waals surface area contributed by atoms with Gasteiger partial charge in [-0.05, 0) is 45.5 Å². The van der Waals surface area contributed by atoms with Gasteiger partial charge in [-0.2, -0.15) is 0 Å². The van der Waals surface area contributed by atoms with Crippen LogP contribution in [-0.4, -0.2) is 42.1 Å². The molecule has 0 aliphatic carbocycles. The molecule has 3 nitrogen and oxygen atoms in total. The Morgan fingerprint density at radius 1 is 1.25 bits per heavy atom. The molecule has 1 saturated heterocycles. The average molecular weight is 219 g/mol. The highest BCUT2D eigenvalue weighted by Crippen LogP contribution is 2.19. The largest absolute Gasteiger partial charge is 0.353 e. The van der Waals surface area contributed by atoms with E-state index in [9.17, 15) is 0 Å². The van der Waals surface area contributed by atoms with Crippen molar-refractivity contribution < 1.29 is 0 Å². The molecule has 3 heteroatoms. The monoisotopic (exact) mass is 219 g/mol. The second-order valence-corrected chi connectivity index (χ2v) is 4.96. The molecule has 16 heavy (non-hydrogen) atoms. The van der Waals surface area contributed by atoms with E-state index < -0.39 is 0 Å². The lowest BCUT2D eigenvalue weighted by molar-refractivity contribution is 0.169. The van der Waals surface area contributed by atoms with Gasteiger partial charge in [-0.15, -0.1) is 0 Å². The van der Waals surface area contributed by atoms with Crippen LogP contribution in [-0.2, 0) is 0 Å².